The molecule has 0 spiro atoms. The molecule has 0 aromatic carbocycles. The van der Waals surface area contributed by atoms with E-state index in [0.717, 1.165) is 0 Å². The maximum Gasteiger partial charge on any atom is 0.261 e. The van der Waals surface area contributed by atoms with Gasteiger partial charge in [-0.25, -0.2) is 8.42 Å². The zero-order valence-electron chi connectivity index (χ0n) is 5.78. The zero-order chi connectivity index (χ0) is 8.48. The Bertz CT molecular complexity index is 361. The molecule has 60 valence electrons. The summed E-state index contributed by atoms with van der Waals surface area (Å²) in [6.07, 6.45) is 2.84. The topological polar surface area (TPSA) is 47.0 Å². The summed E-state index contributed by atoms with van der Waals surface area (Å²) in [4.78, 5) is 3.85. The van der Waals surface area contributed by atoms with E-state index in [0.29, 0.717) is 5.56 Å². The van der Waals surface area contributed by atoms with E-state index in [9.17, 15) is 8.42 Å². The molecule has 0 aliphatic heterocycles. The first-order valence-electron chi connectivity index (χ1n) is 2.87. The van der Waals surface area contributed by atoms with Gasteiger partial charge in [0.15, 0.2) is 0 Å². The lowest BCUT2D eigenvalue weighted by Gasteiger charge is -1.97. The molecule has 0 radical (unpaired) electrons. The summed E-state index contributed by atoms with van der Waals surface area (Å²) >= 11 is 0. The highest BCUT2D eigenvalue weighted by Crippen LogP contribution is 2.16. The van der Waals surface area contributed by atoms with Crippen molar-refractivity contribution in [2.24, 2.45) is 0 Å². The second-order valence-corrected chi connectivity index (χ2v) is 4.61. The summed E-state index contributed by atoms with van der Waals surface area (Å²) < 4.78 is 21.6. The third-order valence-electron chi connectivity index (χ3n) is 1.23. The van der Waals surface area contributed by atoms with Crippen LogP contribution in [0.1, 0.15) is 5.56 Å². The summed E-state index contributed by atoms with van der Waals surface area (Å²) in [7, 11) is 1.51. The summed E-state index contributed by atoms with van der Waals surface area (Å²) in [5.41, 5.74) is 0.558. The van der Waals surface area contributed by atoms with E-state index >= 15 is 0 Å². The largest absolute Gasteiger partial charge is 0.264 e. The number of aryl methyl sites for hydroxylation is 1. The first-order valence-corrected chi connectivity index (χ1v) is 5.18. The Morgan fingerprint density at radius 3 is 2.55 bits per heavy atom. The molecule has 0 fully saturated rings. The molecule has 0 atom stereocenters. The Morgan fingerprint density at radius 1 is 1.55 bits per heavy atom. The van der Waals surface area contributed by atoms with Crippen LogP contribution in [0.15, 0.2) is 23.4 Å². The van der Waals surface area contributed by atoms with Crippen molar-refractivity contribution in [3.63, 3.8) is 0 Å². The number of nitrogens with zero attached hydrogens (tertiary/aromatic N) is 1. The second kappa shape index (κ2) is 2.79. The van der Waals surface area contributed by atoms with Gasteiger partial charge in [-0.1, -0.05) is 0 Å². The molecule has 0 saturated heterocycles. The van der Waals surface area contributed by atoms with Gasteiger partial charge in [-0.2, -0.15) is 0 Å². The fourth-order valence-corrected chi connectivity index (χ4v) is 1.91. The number of pyridine rings is 1. The van der Waals surface area contributed by atoms with Crippen molar-refractivity contribution in [3.8, 4) is 0 Å². The van der Waals surface area contributed by atoms with Gasteiger partial charge in [0, 0.05) is 23.1 Å². The molecule has 0 N–H and O–H groups in total. The Morgan fingerprint density at radius 2 is 2.18 bits per heavy atom. The van der Waals surface area contributed by atoms with Gasteiger partial charge in [-0.15, -0.1) is 0 Å². The van der Waals surface area contributed by atoms with E-state index in [4.69, 9.17) is 10.7 Å². The van der Waals surface area contributed by atoms with Crippen molar-refractivity contribution >= 4 is 19.7 Å². The van der Waals surface area contributed by atoms with Gasteiger partial charge in [0.25, 0.3) is 9.05 Å². The van der Waals surface area contributed by atoms with E-state index < -0.39 is 9.05 Å². The maximum absolute atomic E-state index is 10.8. The number of aromatic nitrogens is 1. The number of halogens is 1. The molecule has 1 aromatic rings. The molecule has 3 nitrogen and oxygen atoms in total. The molecule has 0 saturated carbocycles. The van der Waals surface area contributed by atoms with E-state index in [1.54, 1.807) is 6.92 Å². The van der Waals surface area contributed by atoms with Crippen molar-refractivity contribution in [1.29, 1.82) is 0 Å². The van der Waals surface area contributed by atoms with Crippen molar-refractivity contribution < 1.29 is 8.42 Å². The first kappa shape index (κ1) is 8.49. The average Bonchev–Trinajstić information content (AvgIpc) is 1.86. The van der Waals surface area contributed by atoms with Gasteiger partial charge < -0.3 is 0 Å². The van der Waals surface area contributed by atoms with Crippen LogP contribution in [-0.4, -0.2) is 13.4 Å². The molecule has 1 rings (SSSR count). The number of hydrogen-bond acceptors (Lipinski definition) is 3. The molecule has 1 aromatic heterocycles. The summed E-state index contributed by atoms with van der Waals surface area (Å²) in [5.74, 6) is 0. The molecule has 11 heavy (non-hydrogen) atoms. The van der Waals surface area contributed by atoms with E-state index in [-0.39, 0.29) is 4.90 Å². The minimum atomic E-state index is -3.60. The van der Waals surface area contributed by atoms with Crippen LogP contribution < -0.4 is 0 Å². The fraction of sp³-hybridized carbons (Fsp3) is 0.167. The SMILES string of the molecule is Cc1cnccc1S(=O)(=O)Cl. The fourth-order valence-electron chi connectivity index (χ4n) is 0.734. The van der Waals surface area contributed by atoms with Crippen LogP contribution >= 0.6 is 10.7 Å². The van der Waals surface area contributed by atoms with Crippen molar-refractivity contribution in [3.05, 3.63) is 24.0 Å². The second-order valence-electron chi connectivity index (χ2n) is 2.08. The predicted molar refractivity (Wildman–Crippen MR) is 42.0 cm³/mol. The quantitative estimate of drug-likeness (QED) is 0.629. The highest BCUT2D eigenvalue weighted by molar-refractivity contribution is 8.13. The zero-order valence-corrected chi connectivity index (χ0v) is 7.35. The van der Waals surface area contributed by atoms with Crippen LogP contribution in [0.3, 0.4) is 0 Å². The van der Waals surface area contributed by atoms with Gasteiger partial charge in [-0.05, 0) is 18.6 Å². The molecule has 0 amide bonds. The van der Waals surface area contributed by atoms with Gasteiger partial charge >= 0.3 is 0 Å². The molecule has 0 bridgehead atoms. The monoisotopic (exact) mass is 191 g/mol. The van der Waals surface area contributed by atoms with E-state index in [1.807, 2.05) is 0 Å². The minimum Gasteiger partial charge on any atom is -0.264 e. The van der Waals surface area contributed by atoms with Crippen LogP contribution in [0.2, 0.25) is 0 Å². The normalized spacial score (nSPS) is 11.5. The standard InChI is InChI=1S/C6H6ClNO2S/c1-5-4-8-3-2-6(5)11(7,9)10/h2-4H,1H3. The van der Waals surface area contributed by atoms with Gasteiger partial charge in [0.1, 0.15) is 0 Å². The van der Waals surface area contributed by atoms with Gasteiger partial charge in [0.05, 0.1) is 4.90 Å². The lowest BCUT2D eigenvalue weighted by Crippen LogP contribution is -1.94. The van der Waals surface area contributed by atoms with Crippen LogP contribution in [0, 0.1) is 6.92 Å². The van der Waals surface area contributed by atoms with Crippen LogP contribution in [0.25, 0.3) is 0 Å². The summed E-state index contributed by atoms with van der Waals surface area (Å²) in [6.45, 7) is 1.64. The first-order chi connectivity index (χ1) is 5.02. The third-order valence-corrected chi connectivity index (χ3v) is 2.71. The molecule has 0 aliphatic carbocycles. The Labute approximate surface area is 69.4 Å². The van der Waals surface area contributed by atoms with Crippen molar-refractivity contribution in [2.75, 3.05) is 0 Å². The summed E-state index contributed by atoms with van der Waals surface area (Å²) in [5, 5.41) is 0. The Hall–Kier alpha value is -0.610. The molecular weight excluding hydrogens is 186 g/mol. The minimum absolute atomic E-state index is 0.120. The lowest BCUT2D eigenvalue weighted by molar-refractivity contribution is 0.609. The molecule has 0 aliphatic rings. The molecule has 0 unspecified atom stereocenters. The third kappa shape index (κ3) is 1.91. The molecular formula is C6H6ClNO2S. The number of hydrogen-bond donors (Lipinski definition) is 0. The predicted octanol–water partition coefficient (Wildman–Crippen LogP) is 1.32. The van der Waals surface area contributed by atoms with E-state index in [2.05, 4.69) is 4.98 Å². The van der Waals surface area contributed by atoms with Crippen LogP contribution in [0.5, 0.6) is 0 Å². The molecule has 1 heterocycles. The van der Waals surface area contributed by atoms with E-state index in [1.165, 1.54) is 18.5 Å². The maximum atomic E-state index is 10.8. The summed E-state index contributed by atoms with van der Waals surface area (Å²) in [6, 6.07) is 1.37. The van der Waals surface area contributed by atoms with Crippen LogP contribution in [-0.2, 0) is 9.05 Å². The van der Waals surface area contributed by atoms with Crippen LogP contribution in [0.4, 0.5) is 0 Å². The highest BCUT2D eigenvalue weighted by atomic mass is 35.7. The number of rotatable bonds is 1. The van der Waals surface area contributed by atoms with Gasteiger partial charge in [0.2, 0.25) is 0 Å². The molecule has 5 heteroatoms. The lowest BCUT2D eigenvalue weighted by atomic mass is 10.3. The average molecular weight is 192 g/mol. The Balaban J connectivity index is 3.37. The smallest absolute Gasteiger partial charge is 0.261 e. The van der Waals surface area contributed by atoms with Gasteiger partial charge in [-0.3, -0.25) is 4.98 Å². The Kier molecular flexibility index (Phi) is 2.15. The van der Waals surface area contributed by atoms with Crippen molar-refractivity contribution in [2.45, 2.75) is 11.8 Å². The van der Waals surface area contributed by atoms with Crippen molar-refractivity contribution in [1.82, 2.24) is 4.98 Å². The highest BCUT2D eigenvalue weighted by Gasteiger charge is 2.11.